The van der Waals surface area contributed by atoms with Gasteiger partial charge in [-0.05, 0) is 41.9 Å². The molecule has 1 aliphatic rings. The lowest BCUT2D eigenvalue weighted by Crippen LogP contribution is -2.41. The topological polar surface area (TPSA) is 185 Å². The maximum Gasteiger partial charge on any atom is 0.340 e. The number of guanidine groups is 1. The standard InChI is InChI=1S/C23H33N5O8S2/c1-18-15-19(34-11-4-12-35-27-23(24)25)17-20(16-18)36-38(31,32)22-6-3-2-5-21(22)37(29,30)26-7-8-28-9-13-33-14-10-28/h2-3,5-6,15-17,26H,4,7-14H2,1H3,(H4,24,25,27). The van der Waals surface area contributed by atoms with E-state index in [1.165, 1.54) is 36.4 Å². The smallest absolute Gasteiger partial charge is 0.340 e. The van der Waals surface area contributed by atoms with Gasteiger partial charge in [0.1, 0.15) is 27.9 Å². The Morgan fingerprint density at radius 1 is 1.03 bits per heavy atom. The van der Waals surface area contributed by atoms with E-state index in [4.69, 9.17) is 30.0 Å². The molecule has 1 saturated heterocycles. The molecule has 2 aromatic carbocycles. The van der Waals surface area contributed by atoms with Crippen LogP contribution in [0.1, 0.15) is 12.0 Å². The molecule has 0 spiro atoms. The van der Waals surface area contributed by atoms with Gasteiger partial charge in [-0.25, -0.2) is 13.1 Å². The summed E-state index contributed by atoms with van der Waals surface area (Å²) in [7, 11) is -8.64. The summed E-state index contributed by atoms with van der Waals surface area (Å²) in [6, 6.07) is 9.90. The molecule has 5 N–H and O–H groups in total. The number of rotatable bonds is 14. The molecule has 3 rings (SSSR count). The normalized spacial score (nSPS) is 14.6. The summed E-state index contributed by atoms with van der Waals surface area (Å²) in [4.78, 5) is 6.07. The largest absolute Gasteiger partial charge is 0.493 e. The minimum atomic E-state index is -4.51. The molecular weight excluding hydrogens is 538 g/mol. The number of hydrogen-bond donors (Lipinski definition) is 3. The van der Waals surface area contributed by atoms with Crippen molar-refractivity contribution in [2.24, 2.45) is 16.6 Å². The highest BCUT2D eigenvalue weighted by Crippen LogP contribution is 2.28. The first-order valence-corrected chi connectivity index (χ1v) is 14.7. The molecule has 2 aromatic rings. The maximum absolute atomic E-state index is 13.2. The van der Waals surface area contributed by atoms with Gasteiger partial charge in [-0.1, -0.05) is 12.1 Å². The quantitative estimate of drug-likeness (QED) is 0.0934. The Morgan fingerprint density at radius 2 is 1.71 bits per heavy atom. The van der Waals surface area contributed by atoms with Crippen LogP contribution >= 0.6 is 0 Å². The number of morpholine rings is 1. The van der Waals surface area contributed by atoms with E-state index in [0.29, 0.717) is 50.6 Å². The van der Waals surface area contributed by atoms with E-state index in [9.17, 15) is 16.8 Å². The van der Waals surface area contributed by atoms with Crippen LogP contribution in [0, 0.1) is 6.92 Å². The first kappa shape index (κ1) is 29.4. The van der Waals surface area contributed by atoms with E-state index in [1.54, 1.807) is 13.0 Å². The summed E-state index contributed by atoms with van der Waals surface area (Å²) in [6.45, 7) is 5.37. The second-order valence-corrected chi connectivity index (χ2v) is 11.6. The summed E-state index contributed by atoms with van der Waals surface area (Å²) < 4.78 is 71.1. The first-order valence-electron chi connectivity index (χ1n) is 11.9. The van der Waals surface area contributed by atoms with E-state index >= 15 is 0 Å². The van der Waals surface area contributed by atoms with Crippen LogP contribution in [-0.2, 0) is 29.7 Å². The Kier molecular flexibility index (Phi) is 10.6. The van der Waals surface area contributed by atoms with E-state index in [0.717, 1.165) is 0 Å². The van der Waals surface area contributed by atoms with Crippen molar-refractivity contribution in [1.82, 2.24) is 9.62 Å². The van der Waals surface area contributed by atoms with E-state index < -0.39 is 29.9 Å². The number of hydrogen-bond acceptors (Lipinski definition) is 10. The predicted molar refractivity (Wildman–Crippen MR) is 140 cm³/mol. The van der Waals surface area contributed by atoms with Crippen molar-refractivity contribution >= 4 is 26.1 Å². The molecule has 210 valence electrons. The average molecular weight is 572 g/mol. The zero-order valence-electron chi connectivity index (χ0n) is 21.0. The van der Waals surface area contributed by atoms with Crippen molar-refractivity contribution < 1.29 is 35.3 Å². The van der Waals surface area contributed by atoms with E-state index in [2.05, 4.69) is 14.8 Å². The fourth-order valence-corrected chi connectivity index (χ4v) is 6.31. The van der Waals surface area contributed by atoms with Crippen LogP contribution < -0.4 is 25.1 Å². The van der Waals surface area contributed by atoms with Gasteiger partial charge in [0.2, 0.25) is 16.0 Å². The van der Waals surface area contributed by atoms with Gasteiger partial charge in [-0.3, -0.25) is 4.90 Å². The molecule has 15 heteroatoms. The summed E-state index contributed by atoms with van der Waals surface area (Å²) >= 11 is 0. The van der Waals surface area contributed by atoms with Crippen LogP contribution in [0.5, 0.6) is 11.5 Å². The Labute approximate surface area is 222 Å². The fourth-order valence-electron chi connectivity index (χ4n) is 3.57. The van der Waals surface area contributed by atoms with Gasteiger partial charge >= 0.3 is 10.1 Å². The Bertz CT molecular complexity index is 1310. The van der Waals surface area contributed by atoms with Gasteiger partial charge in [-0.15, -0.1) is 0 Å². The number of nitrogens with zero attached hydrogens (tertiary/aromatic N) is 2. The van der Waals surface area contributed by atoms with Crippen LogP contribution in [0.15, 0.2) is 57.4 Å². The van der Waals surface area contributed by atoms with Crippen LogP contribution in [0.2, 0.25) is 0 Å². The lowest BCUT2D eigenvalue weighted by atomic mass is 10.2. The number of nitrogens with one attached hydrogen (secondary N) is 1. The van der Waals surface area contributed by atoms with E-state index in [-0.39, 0.29) is 31.5 Å². The Morgan fingerprint density at radius 3 is 2.42 bits per heavy atom. The van der Waals surface area contributed by atoms with Gasteiger partial charge in [0.25, 0.3) is 0 Å². The number of sulfonamides is 1. The second-order valence-electron chi connectivity index (χ2n) is 8.37. The van der Waals surface area contributed by atoms with Crippen molar-refractivity contribution in [3.63, 3.8) is 0 Å². The van der Waals surface area contributed by atoms with Gasteiger partial charge in [-0.2, -0.15) is 8.42 Å². The molecule has 38 heavy (non-hydrogen) atoms. The molecule has 0 bridgehead atoms. The lowest BCUT2D eigenvalue weighted by molar-refractivity contribution is 0.0390. The number of nitrogens with two attached hydrogens (primary N) is 2. The molecule has 0 saturated carbocycles. The SMILES string of the molecule is Cc1cc(OCCCON=C(N)N)cc(OS(=O)(=O)c2ccccc2S(=O)(=O)NCCN2CCOCC2)c1. The molecule has 1 heterocycles. The van der Waals surface area contributed by atoms with Crippen LogP contribution in [0.25, 0.3) is 0 Å². The highest BCUT2D eigenvalue weighted by Gasteiger charge is 2.28. The van der Waals surface area contributed by atoms with Crippen molar-refractivity contribution in [2.75, 3.05) is 52.6 Å². The molecule has 0 amide bonds. The third kappa shape index (κ3) is 9.02. The first-order chi connectivity index (χ1) is 18.1. The van der Waals surface area contributed by atoms with Gasteiger partial charge in [0.15, 0.2) is 0 Å². The zero-order valence-corrected chi connectivity index (χ0v) is 22.7. The molecular formula is C23H33N5O8S2. The third-order valence-electron chi connectivity index (χ3n) is 5.28. The van der Waals surface area contributed by atoms with Crippen molar-refractivity contribution in [3.8, 4) is 11.5 Å². The summed E-state index contributed by atoms with van der Waals surface area (Å²) in [5, 5.41) is 3.40. The van der Waals surface area contributed by atoms with Crippen molar-refractivity contribution in [1.29, 1.82) is 0 Å². The van der Waals surface area contributed by atoms with Gasteiger partial charge in [0.05, 0.1) is 19.8 Å². The van der Waals surface area contributed by atoms with Gasteiger partial charge < -0.3 is 30.0 Å². The van der Waals surface area contributed by atoms with Crippen LogP contribution in [-0.4, -0.2) is 80.3 Å². The predicted octanol–water partition coefficient (Wildman–Crippen LogP) is 0.347. The molecule has 0 radical (unpaired) electrons. The minimum Gasteiger partial charge on any atom is -0.493 e. The molecule has 0 unspecified atom stereocenters. The van der Waals surface area contributed by atoms with Crippen LogP contribution in [0.4, 0.5) is 0 Å². The minimum absolute atomic E-state index is 0.0239. The lowest BCUT2D eigenvalue weighted by Gasteiger charge is -2.26. The number of oxime groups is 1. The summed E-state index contributed by atoms with van der Waals surface area (Å²) in [5.74, 6) is 0.151. The van der Waals surface area contributed by atoms with Crippen molar-refractivity contribution in [2.45, 2.75) is 23.1 Å². The zero-order chi connectivity index (χ0) is 27.6. The Hall–Kier alpha value is -3.11. The highest BCUT2D eigenvalue weighted by atomic mass is 32.2. The van der Waals surface area contributed by atoms with E-state index in [1.807, 2.05) is 0 Å². The average Bonchev–Trinajstić information content (AvgIpc) is 2.86. The molecule has 13 nitrogen and oxygen atoms in total. The second kappa shape index (κ2) is 13.6. The Balaban J connectivity index is 1.68. The van der Waals surface area contributed by atoms with Gasteiger partial charge in [0, 0.05) is 38.7 Å². The maximum atomic E-state index is 13.2. The number of benzene rings is 2. The number of aryl methyl sites for hydroxylation is 1. The summed E-state index contributed by atoms with van der Waals surface area (Å²) in [6.07, 6.45) is 0.461. The molecule has 1 fully saturated rings. The monoisotopic (exact) mass is 571 g/mol. The van der Waals surface area contributed by atoms with Crippen molar-refractivity contribution in [3.05, 3.63) is 48.0 Å². The fraction of sp³-hybridized carbons (Fsp3) is 0.435. The van der Waals surface area contributed by atoms with Crippen LogP contribution in [0.3, 0.4) is 0 Å². The molecule has 1 aliphatic heterocycles. The molecule has 0 aliphatic carbocycles. The third-order valence-corrected chi connectivity index (χ3v) is 8.24. The molecule has 0 atom stereocenters. The summed E-state index contributed by atoms with van der Waals surface area (Å²) in [5.41, 5.74) is 11.0. The highest BCUT2D eigenvalue weighted by molar-refractivity contribution is 7.91. The molecule has 0 aromatic heterocycles. The number of ether oxygens (including phenoxy) is 2.